The molecular formula is C21H31NO4. The number of amides is 1. The van der Waals surface area contributed by atoms with Crippen LogP contribution in [0.15, 0.2) is 24.3 Å². The highest BCUT2D eigenvalue weighted by molar-refractivity contribution is 5.76. The maximum Gasteiger partial charge on any atom is 0.222 e. The average molecular weight is 361 g/mol. The Morgan fingerprint density at radius 1 is 1.12 bits per heavy atom. The number of likely N-dealkylation sites (tertiary alicyclic amines) is 1. The second-order valence-corrected chi connectivity index (χ2v) is 8.21. The number of piperidine rings is 1. The van der Waals surface area contributed by atoms with E-state index in [2.05, 4.69) is 32.9 Å². The molecule has 2 aliphatic rings. The normalized spacial score (nSPS) is 19.7. The van der Waals surface area contributed by atoms with Gasteiger partial charge in [0.05, 0.1) is 19.8 Å². The summed E-state index contributed by atoms with van der Waals surface area (Å²) in [5.41, 5.74) is 1.44. The van der Waals surface area contributed by atoms with Gasteiger partial charge >= 0.3 is 0 Å². The fourth-order valence-electron chi connectivity index (χ4n) is 3.51. The van der Waals surface area contributed by atoms with Gasteiger partial charge in [-0.25, -0.2) is 0 Å². The first kappa shape index (κ1) is 19.2. The molecule has 1 spiro atoms. The maximum absolute atomic E-state index is 12.4. The summed E-state index contributed by atoms with van der Waals surface area (Å²) in [6, 6.07) is 8.23. The zero-order valence-corrected chi connectivity index (χ0v) is 16.3. The Labute approximate surface area is 156 Å². The van der Waals surface area contributed by atoms with Crippen molar-refractivity contribution in [2.45, 2.75) is 57.7 Å². The van der Waals surface area contributed by atoms with Gasteiger partial charge in [-0.05, 0) is 29.5 Å². The lowest BCUT2D eigenvalue weighted by molar-refractivity contribution is -0.187. The van der Waals surface area contributed by atoms with Crippen molar-refractivity contribution in [3.8, 4) is 5.75 Å². The van der Waals surface area contributed by atoms with Crippen LogP contribution in [0.2, 0.25) is 0 Å². The van der Waals surface area contributed by atoms with Gasteiger partial charge in [-0.2, -0.15) is 0 Å². The lowest BCUT2D eigenvalue weighted by Gasteiger charge is -2.37. The van der Waals surface area contributed by atoms with Crippen molar-refractivity contribution >= 4 is 5.91 Å². The number of hydrogen-bond acceptors (Lipinski definition) is 4. The molecule has 0 aliphatic carbocycles. The third-order valence-electron chi connectivity index (χ3n) is 5.22. The summed E-state index contributed by atoms with van der Waals surface area (Å²) in [5.74, 6) is 0.643. The van der Waals surface area contributed by atoms with E-state index < -0.39 is 5.79 Å². The molecule has 0 unspecified atom stereocenters. The Hall–Kier alpha value is -1.59. The van der Waals surface area contributed by atoms with Crippen molar-refractivity contribution in [3.05, 3.63) is 29.8 Å². The molecule has 144 valence electrons. The summed E-state index contributed by atoms with van der Waals surface area (Å²) in [5, 5.41) is 0. The van der Waals surface area contributed by atoms with Crippen molar-refractivity contribution in [1.82, 2.24) is 4.90 Å². The molecule has 0 bridgehead atoms. The second kappa shape index (κ2) is 7.97. The Balaban J connectivity index is 1.35. The van der Waals surface area contributed by atoms with Crippen LogP contribution < -0.4 is 4.74 Å². The van der Waals surface area contributed by atoms with Crippen LogP contribution >= 0.6 is 0 Å². The highest BCUT2D eigenvalue weighted by Gasteiger charge is 2.40. The lowest BCUT2D eigenvalue weighted by atomic mass is 9.87. The first-order valence-electron chi connectivity index (χ1n) is 9.67. The molecule has 1 aromatic rings. The molecule has 0 atom stereocenters. The summed E-state index contributed by atoms with van der Waals surface area (Å²) in [6.45, 7) is 9.92. The minimum atomic E-state index is -0.418. The molecule has 1 aromatic carbocycles. The molecule has 1 amide bonds. The van der Waals surface area contributed by atoms with Gasteiger partial charge in [0.15, 0.2) is 5.79 Å². The molecule has 5 nitrogen and oxygen atoms in total. The summed E-state index contributed by atoms with van der Waals surface area (Å²) in [7, 11) is 0. The van der Waals surface area contributed by atoms with Crippen molar-refractivity contribution in [3.63, 3.8) is 0 Å². The molecule has 2 heterocycles. The summed E-state index contributed by atoms with van der Waals surface area (Å²) >= 11 is 0. The van der Waals surface area contributed by atoms with Gasteiger partial charge in [0.25, 0.3) is 0 Å². The topological polar surface area (TPSA) is 48.0 Å². The third-order valence-corrected chi connectivity index (χ3v) is 5.22. The smallest absolute Gasteiger partial charge is 0.222 e. The minimum Gasteiger partial charge on any atom is -0.494 e. The Morgan fingerprint density at radius 3 is 2.31 bits per heavy atom. The van der Waals surface area contributed by atoms with E-state index in [-0.39, 0.29) is 11.3 Å². The summed E-state index contributed by atoms with van der Waals surface area (Å²) < 4.78 is 17.2. The zero-order chi connectivity index (χ0) is 18.6. The highest BCUT2D eigenvalue weighted by Crippen LogP contribution is 2.31. The zero-order valence-electron chi connectivity index (χ0n) is 16.3. The quantitative estimate of drug-likeness (QED) is 0.753. The van der Waals surface area contributed by atoms with Gasteiger partial charge in [-0.15, -0.1) is 0 Å². The first-order valence-corrected chi connectivity index (χ1v) is 9.67. The summed E-state index contributed by atoms with van der Waals surface area (Å²) in [4.78, 5) is 14.3. The standard InChI is InChI=1S/C21H31NO4/c1-20(2,3)17-6-8-18(9-7-17)24-14-4-5-19(23)22-12-10-21(11-13-22)25-15-16-26-21/h6-9H,4-5,10-16H2,1-3H3. The summed E-state index contributed by atoms with van der Waals surface area (Å²) in [6.07, 6.45) is 2.80. The number of nitrogens with zero attached hydrogens (tertiary/aromatic N) is 1. The number of rotatable bonds is 5. The predicted molar refractivity (Wildman–Crippen MR) is 100 cm³/mol. The molecule has 3 rings (SSSR count). The van der Waals surface area contributed by atoms with Crippen molar-refractivity contribution in [2.75, 3.05) is 32.9 Å². The number of carbonyl (C=O) groups excluding carboxylic acids is 1. The molecule has 2 aliphatic heterocycles. The van der Waals surface area contributed by atoms with E-state index in [9.17, 15) is 4.79 Å². The van der Waals surface area contributed by atoms with Crippen LogP contribution in [0.4, 0.5) is 0 Å². The van der Waals surface area contributed by atoms with Gasteiger partial charge < -0.3 is 19.1 Å². The van der Waals surface area contributed by atoms with Crippen LogP contribution in [-0.2, 0) is 19.7 Å². The lowest BCUT2D eigenvalue weighted by Crippen LogP contribution is -2.47. The molecule has 0 aromatic heterocycles. The molecule has 2 saturated heterocycles. The van der Waals surface area contributed by atoms with E-state index in [1.807, 2.05) is 17.0 Å². The fraction of sp³-hybridized carbons (Fsp3) is 0.667. The molecule has 5 heteroatoms. The minimum absolute atomic E-state index is 0.145. The Bertz CT molecular complexity index is 589. The predicted octanol–water partition coefficient (Wildman–Crippen LogP) is 3.51. The van der Waals surface area contributed by atoms with Gasteiger partial charge in [0, 0.05) is 32.4 Å². The Kier molecular flexibility index (Phi) is 5.88. The molecule has 0 N–H and O–H groups in total. The second-order valence-electron chi connectivity index (χ2n) is 8.21. The van der Waals surface area contributed by atoms with Gasteiger partial charge in [0.1, 0.15) is 5.75 Å². The van der Waals surface area contributed by atoms with Gasteiger partial charge in [0.2, 0.25) is 5.91 Å². The fourth-order valence-corrected chi connectivity index (χ4v) is 3.51. The van der Waals surface area contributed by atoms with Crippen molar-refractivity contribution in [1.29, 1.82) is 0 Å². The van der Waals surface area contributed by atoms with Crippen LogP contribution in [-0.4, -0.2) is 49.5 Å². The van der Waals surface area contributed by atoms with E-state index in [1.165, 1.54) is 5.56 Å². The molecular weight excluding hydrogens is 330 g/mol. The first-order chi connectivity index (χ1) is 12.4. The van der Waals surface area contributed by atoms with E-state index in [4.69, 9.17) is 14.2 Å². The number of carbonyl (C=O) groups is 1. The monoisotopic (exact) mass is 361 g/mol. The van der Waals surface area contributed by atoms with Crippen LogP contribution in [0.25, 0.3) is 0 Å². The largest absolute Gasteiger partial charge is 0.494 e. The number of hydrogen-bond donors (Lipinski definition) is 0. The molecule has 0 saturated carbocycles. The van der Waals surface area contributed by atoms with Crippen LogP contribution in [0.5, 0.6) is 5.75 Å². The molecule has 0 radical (unpaired) electrons. The number of benzene rings is 1. The van der Waals surface area contributed by atoms with E-state index in [0.717, 1.165) is 25.0 Å². The Morgan fingerprint density at radius 2 is 1.73 bits per heavy atom. The molecule has 26 heavy (non-hydrogen) atoms. The SMILES string of the molecule is CC(C)(C)c1ccc(OCCCC(=O)N2CCC3(CC2)OCCO3)cc1. The van der Waals surface area contributed by atoms with E-state index in [1.54, 1.807) is 0 Å². The maximum atomic E-state index is 12.4. The van der Waals surface area contributed by atoms with E-state index in [0.29, 0.717) is 39.3 Å². The number of ether oxygens (including phenoxy) is 3. The van der Waals surface area contributed by atoms with Gasteiger partial charge in [-0.3, -0.25) is 4.79 Å². The third kappa shape index (κ3) is 4.77. The molecule has 2 fully saturated rings. The average Bonchev–Trinajstić information content (AvgIpc) is 3.07. The van der Waals surface area contributed by atoms with Gasteiger partial charge in [-0.1, -0.05) is 32.9 Å². The van der Waals surface area contributed by atoms with Crippen LogP contribution in [0.1, 0.15) is 52.0 Å². The van der Waals surface area contributed by atoms with Crippen molar-refractivity contribution in [2.24, 2.45) is 0 Å². The van der Waals surface area contributed by atoms with Crippen molar-refractivity contribution < 1.29 is 19.0 Å². The highest BCUT2D eigenvalue weighted by atomic mass is 16.7. The van der Waals surface area contributed by atoms with E-state index >= 15 is 0 Å². The van der Waals surface area contributed by atoms with Crippen LogP contribution in [0, 0.1) is 0 Å². The van der Waals surface area contributed by atoms with Crippen LogP contribution in [0.3, 0.4) is 0 Å².